The third kappa shape index (κ3) is 6.77. The molecule has 0 aliphatic heterocycles. The highest BCUT2D eigenvalue weighted by Crippen LogP contribution is 2.27. The summed E-state index contributed by atoms with van der Waals surface area (Å²) in [5.41, 5.74) is -0.764. The number of carbonyl (C=O) groups is 3. The second kappa shape index (κ2) is 11.9. The van der Waals surface area contributed by atoms with Crippen molar-refractivity contribution in [2.75, 3.05) is 19.6 Å². The lowest BCUT2D eigenvalue weighted by molar-refractivity contribution is -0.154. The van der Waals surface area contributed by atoms with E-state index in [1.54, 1.807) is 13.8 Å². The topological polar surface area (TPSA) is 146 Å². The Labute approximate surface area is 200 Å². The molecule has 0 bridgehead atoms. The van der Waals surface area contributed by atoms with Crippen LogP contribution in [0.15, 0.2) is 29.2 Å². The third-order valence-electron chi connectivity index (χ3n) is 5.81. The fraction of sp³-hybridized carbons (Fsp3) is 0.565. The Morgan fingerprint density at radius 2 is 1.71 bits per heavy atom. The largest absolute Gasteiger partial charge is 0.451 e. The summed E-state index contributed by atoms with van der Waals surface area (Å²) in [5, 5.41) is 14.5. The molecule has 1 saturated carbocycles. The molecule has 0 saturated heterocycles. The van der Waals surface area contributed by atoms with Crippen LogP contribution in [0.3, 0.4) is 0 Å². The van der Waals surface area contributed by atoms with E-state index in [0.29, 0.717) is 25.9 Å². The van der Waals surface area contributed by atoms with E-state index >= 15 is 0 Å². The van der Waals surface area contributed by atoms with E-state index in [9.17, 15) is 28.1 Å². The average molecular weight is 493 g/mol. The molecular formula is C23H32N4O6S. The summed E-state index contributed by atoms with van der Waals surface area (Å²) in [7, 11) is -3.64. The van der Waals surface area contributed by atoms with Gasteiger partial charge in [-0.15, -0.1) is 0 Å². The van der Waals surface area contributed by atoms with Gasteiger partial charge in [-0.1, -0.05) is 33.1 Å². The van der Waals surface area contributed by atoms with Crippen molar-refractivity contribution in [3.05, 3.63) is 29.8 Å². The first-order chi connectivity index (χ1) is 16.1. The molecule has 0 spiro atoms. The van der Waals surface area contributed by atoms with Crippen molar-refractivity contribution >= 4 is 27.8 Å². The number of esters is 1. The molecule has 2 amide bonds. The fourth-order valence-corrected chi connectivity index (χ4v) is 5.25. The van der Waals surface area contributed by atoms with Gasteiger partial charge in [-0.25, -0.2) is 8.42 Å². The Morgan fingerprint density at radius 1 is 1.12 bits per heavy atom. The van der Waals surface area contributed by atoms with Crippen LogP contribution >= 0.6 is 0 Å². The van der Waals surface area contributed by atoms with Crippen molar-refractivity contribution in [1.82, 2.24) is 14.9 Å². The van der Waals surface area contributed by atoms with Gasteiger partial charge >= 0.3 is 5.97 Å². The molecule has 1 fully saturated rings. The minimum Gasteiger partial charge on any atom is -0.451 e. The molecule has 0 radical (unpaired) electrons. The number of amides is 2. The number of carbonyl (C=O) groups excluding carboxylic acids is 3. The van der Waals surface area contributed by atoms with Gasteiger partial charge in [-0.2, -0.15) is 9.57 Å². The minimum atomic E-state index is -3.64. The smallest absolute Gasteiger partial charge is 0.326 e. The Bertz CT molecular complexity index is 1020. The Kier molecular flexibility index (Phi) is 9.58. The van der Waals surface area contributed by atoms with Crippen molar-refractivity contribution < 1.29 is 27.5 Å². The maximum atomic E-state index is 12.5. The molecule has 34 heavy (non-hydrogen) atoms. The van der Waals surface area contributed by atoms with E-state index in [0.717, 1.165) is 19.3 Å². The average Bonchev–Trinajstić information content (AvgIpc) is 2.83. The van der Waals surface area contributed by atoms with Crippen molar-refractivity contribution in [1.29, 1.82) is 5.26 Å². The number of sulfonamides is 1. The number of hydrogen-bond acceptors (Lipinski definition) is 7. The van der Waals surface area contributed by atoms with Crippen LogP contribution in [-0.4, -0.2) is 61.8 Å². The van der Waals surface area contributed by atoms with Crippen molar-refractivity contribution in [2.24, 2.45) is 0 Å². The Morgan fingerprint density at radius 3 is 2.24 bits per heavy atom. The molecule has 2 rings (SSSR count). The van der Waals surface area contributed by atoms with E-state index in [1.165, 1.54) is 35.5 Å². The quantitative estimate of drug-likeness (QED) is 0.473. The Hall–Kier alpha value is -2.97. The van der Waals surface area contributed by atoms with Gasteiger partial charge in [-0.3, -0.25) is 14.4 Å². The molecule has 11 heteroatoms. The number of ether oxygens (including phenoxy) is 1. The summed E-state index contributed by atoms with van der Waals surface area (Å²) in [6.45, 7) is 5.07. The SMILES string of the molecule is CCN(CC)S(=O)(=O)c1ccc(C(=O)NCC(=O)OC(C)C(=O)NC2(C#N)CCCCC2)cc1. The van der Waals surface area contributed by atoms with Crippen LogP contribution in [-0.2, 0) is 24.3 Å². The summed E-state index contributed by atoms with van der Waals surface area (Å²) in [4.78, 5) is 36.9. The van der Waals surface area contributed by atoms with Crippen LogP contribution in [0, 0.1) is 11.3 Å². The van der Waals surface area contributed by atoms with Gasteiger partial charge in [0.2, 0.25) is 10.0 Å². The van der Waals surface area contributed by atoms with E-state index in [-0.39, 0.29) is 10.5 Å². The van der Waals surface area contributed by atoms with Crippen LogP contribution in [0.5, 0.6) is 0 Å². The summed E-state index contributed by atoms with van der Waals surface area (Å²) in [6, 6.07) is 7.56. The van der Waals surface area contributed by atoms with E-state index in [1.807, 2.05) is 0 Å². The maximum Gasteiger partial charge on any atom is 0.326 e. The summed E-state index contributed by atoms with van der Waals surface area (Å²) < 4.78 is 31.4. The monoisotopic (exact) mass is 492 g/mol. The zero-order valence-corrected chi connectivity index (χ0v) is 20.6. The first-order valence-electron chi connectivity index (χ1n) is 11.4. The molecule has 2 N–H and O–H groups in total. The Balaban J connectivity index is 1.88. The predicted molar refractivity (Wildman–Crippen MR) is 124 cm³/mol. The van der Waals surface area contributed by atoms with Crippen LogP contribution in [0.2, 0.25) is 0 Å². The van der Waals surface area contributed by atoms with Crippen LogP contribution in [0.4, 0.5) is 0 Å². The molecule has 186 valence electrons. The fourth-order valence-electron chi connectivity index (χ4n) is 3.80. The molecule has 10 nitrogen and oxygen atoms in total. The number of nitrogens with one attached hydrogen (secondary N) is 2. The first-order valence-corrected chi connectivity index (χ1v) is 12.8. The van der Waals surface area contributed by atoms with Crippen molar-refractivity contribution in [3.8, 4) is 6.07 Å². The summed E-state index contributed by atoms with van der Waals surface area (Å²) in [6.07, 6.45) is 2.69. The standard InChI is InChI=1S/C23H32N4O6S/c1-4-27(5-2)34(31,32)19-11-9-18(10-12-19)22(30)25-15-20(28)33-17(3)21(29)26-23(16-24)13-7-6-8-14-23/h9-12,17H,4-8,13-15H2,1-3H3,(H,25,30)(H,26,29). The number of rotatable bonds is 10. The molecule has 1 aromatic rings. The van der Waals surface area contributed by atoms with Crippen LogP contribution in [0.25, 0.3) is 0 Å². The lowest BCUT2D eigenvalue weighted by Gasteiger charge is -2.32. The third-order valence-corrected chi connectivity index (χ3v) is 7.88. The second-order valence-electron chi connectivity index (χ2n) is 8.17. The number of hydrogen-bond donors (Lipinski definition) is 2. The molecule has 1 aromatic carbocycles. The van der Waals surface area contributed by atoms with Crippen LogP contribution < -0.4 is 10.6 Å². The number of nitriles is 1. The highest BCUT2D eigenvalue weighted by molar-refractivity contribution is 7.89. The highest BCUT2D eigenvalue weighted by Gasteiger charge is 2.35. The highest BCUT2D eigenvalue weighted by atomic mass is 32.2. The second-order valence-corrected chi connectivity index (χ2v) is 10.1. The van der Waals surface area contributed by atoms with Gasteiger partial charge in [0.15, 0.2) is 6.10 Å². The van der Waals surface area contributed by atoms with Crippen LogP contribution in [0.1, 0.15) is 63.2 Å². The molecule has 0 heterocycles. The number of benzene rings is 1. The zero-order chi connectivity index (χ0) is 25.4. The van der Waals surface area contributed by atoms with Gasteiger partial charge in [0.25, 0.3) is 11.8 Å². The number of nitrogens with zero attached hydrogens (tertiary/aromatic N) is 2. The lowest BCUT2D eigenvalue weighted by atomic mass is 9.83. The normalized spacial score (nSPS) is 16.2. The molecule has 0 aromatic heterocycles. The molecular weight excluding hydrogens is 460 g/mol. The minimum absolute atomic E-state index is 0.0695. The van der Waals surface area contributed by atoms with Crippen molar-refractivity contribution in [2.45, 2.75) is 69.4 Å². The maximum absolute atomic E-state index is 12.5. The van der Waals surface area contributed by atoms with Gasteiger partial charge < -0.3 is 15.4 Å². The molecule has 1 aliphatic rings. The van der Waals surface area contributed by atoms with Gasteiger partial charge in [0.1, 0.15) is 12.1 Å². The zero-order valence-electron chi connectivity index (χ0n) is 19.8. The van der Waals surface area contributed by atoms with E-state index in [4.69, 9.17) is 4.74 Å². The summed E-state index contributed by atoms with van der Waals surface area (Å²) in [5.74, 6) is -1.97. The lowest BCUT2D eigenvalue weighted by Crippen LogP contribution is -2.52. The van der Waals surface area contributed by atoms with Gasteiger partial charge in [-0.05, 0) is 44.0 Å². The first kappa shape index (κ1) is 27.3. The van der Waals surface area contributed by atoms with Crippen molar-refractivity contribution in [3.63, 3.8) is 0 Å². The molecule has 1 atom stereocenters. The molecule has 1 aliphatic carbocycles. The van der Waals surface area contributed by atoms with Gasteiger partial charge in [0, 0.05) is 18.7 Å². The van der Waals surface area contributed by atoms with E-state index in [2.05, 4.69) is 16.7 Å². The summed E-state index contributed by atoms with van der Waals surface area (Å²) >= 11 is 0. The predicted octanol–water partition coefficient (Wildman–Crippen LogP) is 1.72. The van der Waals surface area contributed by atoms with Gasteiger partial charge in [0.05, 0.1) is 11.0 Å². The van der Waals surface area contributed by atoms with E-state index < -0.39 is 46.0 Å². The molecule has 1 unspecified atom stereocenters.